The molecule has 3 rings (SSSR count). The number of para-hydroxylation sites is 1. The first-order valence-electron chi connectivity index (χ1n) is 10.1. The molecule has 0 radical (unpaired) electrons. The molecule has 1 aromatic carbocycles. The lowest BCUT2D eigenvalue weighted by Gasteiger charge is -2.46. The van der Waals surface area contributed by atoms with E-state index in [1.807, 2.05) is 12.1 Å². The molecule has 1 heterocycles. The summed E-state index contributed by atoms with van der Waals surface area (Å²) in [5.74, 6) is -0.740. The average Bonchev–Trinajstić information content (AvgIpc) is 2.78. The van der Waals surface area contributed by atoms with Gasteiger partial charge in [0.25, 0.3) is 0 Å². The van der Waals surface area contributed by atoms with Gasteiger partial charge < -0.3 is 19.8 Å². The molecule has 0 spiro atoms. The van der Waals surface area contributed by atoms with Crippen molar-refractivity contribution in [2.24, 2.45) is 17.3 Å². The lowest BCUT2D eigenvalue weighted by atomic mass is 9.54. The maximum absolute atomic E-state index is 10.2. The Kier molecular flexibility index (Phi) is 6.11. The third-order valence-electron chi connectivity index (χ3n) is 6.33. The van der Waals surface area contributed by atoms with Gasteiger partial charge in [0.05, 0.1) is 57.8 Å². The summed E-state index contributed by atoms with van der Waals surface area (Å²) in [6, 6.07) is 11.8. The summed E-state index contributed by atoms with van der Waals surface area (Å²) in [5.41, 5.74) is -0.393. The summed E-state index contributed by atoms with van der Waals surface area (Å²) in [4.78, 5) is 1.34. The van der Waals surface area contributed by atoms with Gasteiger partial charge in [0.15, 0.2) is 16.9 Å². The zero-order valence-corrected chi connectivity index (χ0v) is 17.5. The number of nitrogens with one attached hydrogen (secondary N) is 2. The first kappa shape index (κ1) is 21.4. The monoisotopic (exact) mass is 404 g/mol. The lowest BCUT2D eigenvalue weighted by molar-refractivity contribution is -0.899. The first-order valence-corrected chi connectivity index (χ1v) is 10.1. The van der Waals surface area contributed by atoms with Gasteiger partial charge in [-0.2, -0.15) is 15.8 Å². The number of methoxy groups -OCH3 is 2. The van der Waals surface area contributed by atoms with E-state index in [0.29, 0.717) is 23.6 Å². The first-order chi connectivity index (χ1) is 14.5. The molecule has 1 fully saturated rings. The third kappa shape index (κ3) is 3.11. The molecule has 7 nitrogen and oxygen atoms in total. The van der Waals surface area contributed by atoms with Crippen molar-refractivity contribution in [1.29, 1.82) is 21.2 Å². The van der Waals surface area contributed by atoms with E-state index in [2.05, 4.69) is 25.1 Å². The Hall–Kier alpha value is -3.34. The SMILES string of the molecule is CCC[NH+]1CC=C2C(C#N)C(=N)C(C#N)(C#N)[C@H](c3cccc(OC)c3OC)[C@H]2C1. The summed E-state index contributed by atoms with van der Waals surface area (Å²) < 4.78 is 11.1. The molecule has 1 aromatic rings. The van der Waals surface area contributed by atoms with Crippen LogP contribution in [0.4, 0.5) is 0 Å². The van der Waals surface area contributed by atoms with Crippen LogP contribution in [0.5, 0.6) is 11.5 Å². The van der Waals surface area contributed by atoms with E-state index in [1.165, 1.54) is 19.1 Å². The van der Waals surface area contributed by atoms with E-state index < -0.39 is 17.3 Å². The predicted octanol–water partition coefficient (Wildman–Crippen LogP) is 1.85. The van der Waals surface area contributed by atoms with Gasteiger partial charge in [0.1, 0.15) is 5.92 Å². The van der Waals surface area contributed by atoms with Crippen LogP contribution in [-0.2, 0) is 0 Å². The third-order valence-corrected chi connectivity index (χ3v) is 6.33. The Morgan fingerprint density at radius 1 is 1.20 bits per heavy atom. The minimum Gasteiger partial charge on any atom is -0.493 e. The number of quaternary nitrogens is 1. The van der Waals surface area contributed by atoms with E-state index in [4.69, 9.17) is 14.9 Å². The fraction of sp³-hybridized carbons (Fsp3) is 0.478. The molecule has 0 amide bonds. The summed E-state index contributed by atoms with van der Waals surface area (Å²) in [6.07, 6.45) is 3.05. The number of ether oxygens (including phenoxy) is 2. The molecule has 1 saturated carbocycles. The van der Waals surface area contributed by atoms with Crippen molar-refractivity contribution in [3.8, 4) is 29.7 Å². The van der Waals surface area contributed by atoms with Crippen LogP contribution in [0.15, 0.2) is 29.8 Å². The van der Waals surface area contributed by atoms with Gasteiger partial charge in [-0.25, -0.2) is 0 Å². The molecule has 1 aliphatic heterocycles. The van der Waals surface area contributed by atoms with Crippen molar-refractivity contribution in [1.82, 2.24) is 0 Å². The molecule has 154 valence electrons. The molecule has 2 unspecified atom stereocenters. The normalized spacial score (nSPS) is 26.9. The van der Waals surface area contributed by atoms with Crippen molar-refractivity contribution in [3.05, 3.63) is 35.4 Å². The Bertz CT molecular complexity index is 980. The molecule has 30 heavy (non-hydrogen) atoms. The van der Waals surface area contributed by atoms with Crippen molar-refractivity contribution < 1.29 is 14.4 Å². The molecular weight excluding hydrogens is 378 g/mol. The van der Waals surface area contributed by atoms with Crippen LogP contribution < -0.4 is 14.4 Å². The number of nitriles is 3. The van der Waals surface area contributed by atoms with Crippen LogP contribution in [0, 0.1) is 56.7 Å². The van der Waals surface area contributed by atoms with Crippen molar-refractivity contribution >= 4 is 5.71 Å². The summed E-state index contributed by atoms with van der Waals surface area (Å²) in [5, 5.41) is 38.9. The van der Waals surface area contributed by atoms with Crippen LogP contribution in [0.1, 0.15) is 24.8 Å². The quantitative estimate of drug-likeness (QED) is 0.726. The highest BCUT2D eigenvalue weighted by molar-refractivity contribution is 6.01. The summed E-state index contributed by atoms with van der Waals surface area (Å²) in [6.45, 7) is 4.56. The van der Waals surface area contributed by atoms with Crippen LogP contribution in [0.3, 0.4) is 0 Å². The number of benzene rings is 1. The van der Waals surface area contributed by atoms with Crippen LogP contribution >= 0.6 is 0 Å². The number of fused-ring (bicyclic) bond motifs is 1. The zero-order chi connectivity index (χ0) is 21.9. The average molecular weight is 404 g/mol. The number of rotatable bonds is 5. The topological polar surface area (TPSA) is 118 Å². The highest BCUT2D eigenvalue weighted by Crippen LogP contribution is 2.55. The molecule has 0 aromatic heterocycles. The maximum atomic E-state index is 10.2. The minimum atomic E-state index is -1.75. The standard InChI is InChI=1S/C23H25N5O2/c1-4-9-28-10-8-15-17(11-24)22(27)23(13-25,14-26)20(18(15)12-28)16-6-5-7-19(29-2)21(16)30-3/h5-8,17-18,20,27H,4,9-10,12H2,1-3H3/p+1/t17?,18-,20+/m0/s1. The Morgan fingerprint density at radius 2 is 1.93 bits per heavy atom. The van der Waals surface area contributed by atoms with Crippen molar-refractivity contribution in [2.75, 3.05) is 33.9 Å². The van der Waals surface area contributed by atoms with Crippen LogP contribution in [-0.4, -0.2) is 39.6 Å². The number of hydrogen-bond donors (Lipinski definition) is 2. The van der Waals surface area contributed by atoms with Gasteiger partial charge in [-0.3, -0.25) is 0 Å². The van der Waals surface area contributed by atoms with Gasteiger partial charge in [-0.05, 0) is 24.1 Å². The highest BCUT2D eigenvalue weighted by atomic mass is 16.5. The maximum Gasteiger partial charge on any atom is 0.190 e. The smallest absolute Gasteiger partial charge is 0.190 e. The zero-order valence-electron chi connectivity index (χ0n) is 17.5. The largest absolute Gasteiger partial charge is 0.493 e. The van der Waals surface area contributed by atoms with E-state index in [9.17, 15) is 15.8 Å². The molecule has 1 aliphatic carbocycles. The Balaban J connectivity index is 2.29. The van der Waals surface area contributed by atoms with E-state index in [1.54, 1.807) is 12.1 Å². The van der Waals surface area contributed by atoms with Crippen molar-refractivity contribution in [2.45, 2.75) is 19.3 Å². The number of nitrogens with zero attached hydrogens (tertiary/aromatic N) is 3. The molecule has 7 heteroatoms. The predicted molar refractivity (Wildman–Crippen MR) is 110 cm³/mol. The lowest BCUT2D eigenvalue weighted by Crippen LogP contribution is -3.13. The molecule has 0 bridgehead atoms. The Morgan fingerprint density at radius 3 is 2.50 bits per heavy atom. The number of hydrogen-bond acceptors (Lipinski definition) is 6. The van der Waals surface area contributed by atoms with Gasteiger partial charge in [0, 0.05) is 17.4 Å². The summed E-state index contributed by atoms with van der Waals surface area (Å²) in [7, 11) is 3.07. The molecule has 2 N–H and O–H groups in total. The summed E-state index contributed by atoms with van der Waals surface area (Å²) >= 11 is 0. The second-order valence-electron chi connectivity index (χ2n) is 7.79. The molecule has 0 saturated heterocycles. The van der Waals surface area contributed by atoms with Gasteiger partial charge >= 0.3 is 0 Å². The van der Waals surface area contributed by atoms with Crippen molar-refractivity contribution in [3.63, 3.8) is 0 Å². The fourth-order valence-corrected chi connectivity index (χ4v) is 5.02. The minimum absolute atomic E-state index is 0.147. The van der Waals surface area contributed by atoms with E-state index in [0.717, 1.165) is 25.1 Å². The Labute approximate surface area is 177 Å². The van der Waals surface area contributed by atoms with Crippen LogP contribution in [0.25, 0.3) is 0 Å². The van der Waals surface area contributed by atoms with E-state index >= 15 is 0 Å². The second-order valence-corrected chi connectivity index (χ2v) is 7.79. The molecule has 2 aliphatic rings. The molecular formula is C23H26N5O2+. The highest BCUT2D eigenvalue weighted by Gasteiger charge is 2.59. The van der Waals surface area contributed by atoms with Gasteiger partial charge in [0.2, 0.25) is 0 Å². The fourth-order valence-electron chi connectivity index (χ4n) is 5.02. The van der Waals surface area contributed by atoms with Crippen LogP contribution in [0.2, 0.25) is 0 Å². The molecule has 4 atom stereocenters. The second kappa shape index (κ2) is 8.57. The van der Waals surface area contributed by atoms with E-state index in [-0.39, 0.29) is 11.6 Å². The van der Waals surface area contributed by atoms with Gasteiger partial charge in [-0.1, -0.05) is 19.1 Å². The van der Waals surface area contributed by atoms with Gasteiger partial charge in [-0.15, -0.1) is 0 Å².